The highest BCUT2D eigenvalue weighted by Crippen LogP contribution is 2.11. The molecule has 24 heavy (non-hydrogen) atoms. The molecule has 0 aliphatic carbocycles. The lowest BCUT2D eigenvalue weighted by Gasteiger charge is -2.35. The molecule has 1 saturated heterocycles. The van der Waals surface area contributed by atoms with Crippen molar-refractivity contribution in [2.24, 2.45) is 0 Å². The summed E-state index contributed by atoms with van der Waals surface area (Å²) in [5, 5.41) is 4.34. The predicted molar refractivity (Wildman–Crippen MR) is 93.4 cm³/mol. The Bertz CT molecular complexity index is 780. The van der Waals surface area contributed by atoms with Crippen molar-refractivity contribution in [1.82, 2.24) is 15.2 Å². The summed E-state index contributed by atoms with van der Waals surface area (Å²) in [5.74, 6) is -0.259. The third kappa shape index (κ3) is 3.49. The van der Waals surface area contributed by atoms with E-state index < -0.39 is 0 Å². The monoisotopic (exact) mass is 329 g/mol. The van der Waals surface area contributed by atoms with Gasteiger partial charge in [-0.3, -0.25) is 14.5 Å². The largest absolute Gasteiger partial charge is 0.379 e. The molecular weight excluding hydrogens is 306 g/mol. The second-order valence-electron chi connectivity index (χ2n) is 6.25. The molecule has 1 amide bonds. The summed E-state index contributed by atoms with van der Waals surface area (Å²) in [7, 11) is 0. The minimum atomic E-state index is -0.259. The van der Waals surface area contributed by atoms with E-state index in [9.17, 15) is 9.59 Å². The Morgan fingerprint density at radius 2 is 1.96 bits per heavy atom. The average Bonchev–Trinajstić information content (AvgIpc) is 2.61. The van der Waals surface area contributed by atoms with Crippen molar-refractivity contribution in [2.45, 2.75) is 25.9 Å². The van der Waals surface area contributed by atoms with Gasteiger partial charge >= 0.3 is 0 Å². The zero-order valence-corrected chi connectivity index (χ0v) is 14.0. The predicted octanol–water partition coefficient (Wildman–Crippen LogP) is 1.37. The van der Waals surface area contributed by atoms with Crippen molar-refractivity contribution in [2.75, 3.05) is 26.3 Å². The van der Waals surface area contributed by atoms with Gasteiger partial charge in [-0.25, -0.2) is 0 Å². The van der Waals surface area contributed by atoms with E-state index in [0.29, 0.717) is 11.1 Å². The summed E-state index contributed by atoms with van der Waals surface area (Å²) in [6.07, 6.45) is 0. The van der Waals surface area contributed by atoms with Gasteiger partial charge in [-0.05, 0) is 31.4 Å². The Morgan fingerprint density at radius 3 is 2.71 bits per heavy atom. The maximum Gasteiger partial charge on any atom is 0.268 e. The number of nitrogens with one attached hydrogen (secondary N) is 2. The van der Waals surface area contributed by atoms with Gasteiger partial charge in [-0.15, -0.1) is 0 Å². The molecule has 2 atom stereocenters. The number of amides is 1. The molecule has 1 aromatic carbocycles. The van der Waals surface area contributed by atoms with Crippen LogP contribution < -0.4 is 10.9 Å². The SMILES string of the molecule is C[C@H](NC(=O)c1cc2ccccc2c(=O)[nH]1)[C@@H](C)N1CCOCC1. The fourth-order valence-electron chi connectivity index (χ4n) is 3.04. The number of hydrogen-bond acceptors (Lipinski definition) is 4. The van der Waals surface area contributed by atoms with Gasteiger partial charge in [0.25, 0.3) is 11.5 Å². The van der Waals surface area contributed by atoms with Crippen LogP contribution in [-0.2, 0) is 4.74 Å². The molecule has 1 fully saturated rings. The zero-order chi connectivity index (χ0) is 17.1. The number of fused-ring (bicyclic) bond motifs is 1. The zero-order valence-electron chi connectivity index (χ0n) is 14.0. The van der Waals surface area contributed by atoms with Gasteiger partial charge in [-0.1, -0.05) is 18.2 Å². The molecule has 2 aromatic rings. The number of rotatable bonds is 4. The highest BCUT2D eigenvalue weighted by atomic mass is 16.5. The standard InChI is InChI=1S/C18H23N3O3/c1-12(13(2)21-7-9-24-10-8-21)19-18(23)16-11-14-5-3-4-6-15(14)17(22)20-16/h3-6,11-13H,7-10H2,1-2H3,(H,19,23)(H,20,22)/t12-,13+/m0/s1. The van der Waals surface area contributed by atoms with Crippen molar-refractivity contribution in [3.8, 4) is 0 Å². The smallest absolute Gasteiger partial charge is 0.268 e. The van der Waals surface area contributed by atoms with Crippen molar-refractivity contribution in [1.29, 1.82) is 0 Å². The highest BCUT2D eigenvalue weighted by Gasteiger charge is 2.23. The van der Waals surface area contributed by atoms with E-state index >= 15 is 0 Å². The first kappa shape index (κ1) is 16.7. The van der Waals surface area contributed by atoms with Gasteiger partial charge < -0.3 is 15.0 Å². The number of nitrogens with zero attached hydrogens (tertiary/aromatic N) is 1. The summed E-state index contributed by atoms with van der Waals surface area (Å²) in [6.45, 7) is 7.27. The first-order chi connectivity index (χ1) is 11.6. The molecule has 0 radical (unpaired) electrons. The number of ether oxygens (including phenoxy) is 1. The van der Waals surface area contributed by atoms with Gasteiger partial charge in [0.05, 0.1) is 13.2 Å². The van der Waals surface area contributed by atoms with Crippen molar-refractivity contribution < 1.29 is 9.53 Å². The van der Waals surface area contributed by atoms with E-state index in [1.807, 2.05) is 25.1 Å². The maximum absolute atomic E-state index is 12.5. The fourth-order valence-corrected chi connectivity index (χ4v) is 3.04. The van der Waals surface area contributed by atoms with Crippen LogP contribution in [0, 0.1) is 0 Å². The van der Waals surface area contributed by atoms with Crippen LogP contribution in [0.25, 0.3) is 10.8 Å². The molecule has 0 spiro atoms. The molecule has 0 bridgehead atoms. The van der Waals surface area contributed by atoms with Gasteiger partial charge in [0, 0.05) is 30.6 Å². The van der Waals surface area contributed by atoms with Crippen molar-refractivity contribution in [3.05, 3.63) is 46.4 Å². The highest BCUT2D eigenvalue weighted by molar-refractivity contribution is 5.96. The van der Waals surface area contributed by atoms with Crippen LogP contribution in [0.3, 0.4) is 0 Å². The van der Waals surface area contributed by atoms with Crippen LogP contribution >= 0.6 is 0 Å². The van der Waals surface area contributed by atoms with Crippen molar-refractivity contribution >= 4 is 16.7 Å². The molecule has 1 aromatic heterocycles. The first-order valence-corrected chi connectivity index (χ1v) is 8.31. The van der Waals surface area contributed by atoms with E-state index in [1.54, 1.807) is 12.1 Å². The Hall–Kier alpha value is -2.18. The Balaban J connectivity index is 1.73. The lowest BCUT2D eigenvalue weighted by molar-refractivity contribution is 0.0137. The van der Waals surface area contributed by atoms with E-state index in [2.05, 4.69) is 22.1 Å². The normalized spacial score (nSPS) is 18.2. The molecule has 6 nitrogen and oxygen atoms in total. The van der Waals surface area contributed by atoms with E-state index in [-0.39, 0.29) is 23.6 Å². The Kier molecular flexibility index (Phi) is 4.97. The molecule has 1 aliphatic rings. The topological polar surface area (TPSA) is 74.4 Å². The minimum Gasteiger partial charge on any atom is -0.379 e. The third-order valence-electron chi connectivity index (χ3n) is 4.70. The maximum atomic E-state index is 12.5. The molecule has 3 rings (SSSR count). The average molecular weight is 329 g/mol. The van der Waals surface area contributed by atoms with Crippen LogP contribution in [0.4, 0.5) is 0 Å². The fraction of sp³-hybridized carbons (Fsp3) is 0.444. The Morgan fingerprint density at radius 1 is 1.25 bits per heavy atom. The van der Waals surface area contributed by atoms with Gasteiger partial charge in [0.15, 0.2) is 0 Å². The third-order valence-corrected chi connectivity index (χ3v) is 4.70. The van der Waals surface area contributed by atoms with Crippen LogP contribution in [0.5, 0.6) is 0 Å². The summed E-state index contributed by atoms with van der Waals surface area (Å²) in [4.78, 5) is 29.6. The summed E-state index contributed by atoms with van der Waals surface area (Å²) < 4.78 is 5.37. The molecule has 128 valence electrons. The molecule has 1 aliphatic heterocycles. The molecule has 2 heterocycles. The first-order valence-electron chi connectivity index (χ1n) is 8.31. The quantitative estimate of drug-likeness (QED) is 0.888. The number of morpholine rings is 1. The molecule has 0 unspecified atom stereocenters. The van der Waals surface area contributed by atoms with E-state index in [0.717, 1.165) is 31.7 Å². The second-order valence-corrected chi connectivity index (χ2v) is 6.25. The van der Waals surface area contributed by atoms with E-state index in [1.165, 1.54) is 0 Å². The van der Waals surface area contributed by atoms with Crippen LogP contribution in [-0.4, -0.2) is 54.2 Å². The summed E-state index contributed by atoms with van der Waals surface area (Å²) in [5.41, 5.74) is 0.0480. The van der Waals surface area contributed by atoms with Gasteiger partial charge in [0.2, 0.25) is 0 Å². The number of benzene rings is 1. The number of aromatic nitrogens is 1. The Labute approximate surface area is 140 Å². The minimum absolute atomic E-state index is 0.0365. The number of carbonyl (C=O) groups excluding carboxylic acids is 1. The number of aromatic amines is 1. The van der Waals surface area contributed by atoms with Crippen LogP contribution in [0.1, 0.15) is 24.3 Å². The number of carbonyl (C=O) groups is 1. The van der Waals surface area contributed by atoms with Gasteiger partial charge in [0.1, 0.15) is 5.69 Å². The van der Waals surface area contributed by atoms with E-state index in [4.69, 9.17) is 4.74 Å². The van der Waals surface area contributed by atoms with Crippen LogP contribution in [0.2, 0.25) is 0 Å². The van der Waals surface area contributed by atoms with Crippen LogP contribution in [0.15, 0.2) is 35.1 Å². The lowest BCUT2D eigenvalue weighted by Crippen LogP contribution is -2.52. The van der Waals surface area contributed by atoms with Crippen molar-refractivity contribution in [3.63, 3.8) is 0 Å². The van der Waals surface area contributed by atoms with Gasteiger partial charge in [-0.2, -0.15) is 0 Å². The summed E-state index contributed by atoms with van der Waals surface area (Å²) >= 11 is 0. The number of H-pyrrole nitrogens is 1. The summed E-state index contributed by atoms with van der Waals surface area (Å²) in [6, 6.07) is 9.13. The molecule has 6 heteroatoms. The lowest BCUT2D eigenvalue weighted by atomic mass is 10.1. The number of pyridine rings is 1. The molecule has 2 N–H and O–H groups in total. The molecular formula is C18H23N3O3. The molecule has 0 saturated carbocycles. The second kappa shape index (κ2) is 7.15. The number of hydrogen-bond donors (Lipinski definition) is 2.